The van der Waals surface area contributed by atoms with Crippen LogP contribution in [0.4, 0.5) is 26.3 Å². The largest absolute Gasteiger partial charge is 0.439 e. The average molecular weight is 581 g/mol. The number of allylic oxidation sites excluding steroid dienone is 1. The van der Waals surface area contributed by atoms with Gasteiger partial charge in [-0.25, -0.2) is 4.39 Å². The monoisotopic (exact) mass is 580 g/mol. The Morgan fingerprint density at radius 1 is 0.756 bits per heavy atom. The van der Waals surface area contributed by atoms with Gasteiger partial charge in [-0.1, -0.05) is 94.0 Å². The molecule has 0 aromatic heterocycles. The zero-order chi connectivity index (χ0) is 29.5. The van der Waals surface area contributed by atoms with Crippen molar-refractivity contribution in [1.82, 2.24) is 0 Å². The van der Waals surface area contributed by atoms with E-state index in [1.165, 1.54) is 89.2 Å². The van der Waals surface area contributed by atoms with Gasteiger partial charge in [0.15, 0.2) is 0 Å². The van der Waals surface area contributed by atoms with Crippen molar-refractivity contribution in [1.29, 1.82) is 0 Å². The minimum Gasteiger partial charge on any atom is -0.430 e. The Bertz CT molecular complexity index is 1080. The van der Waals surface area contributed by atoms with Gasteiger partial charge in [-0.3, -0.25) is 0 Å². The van der Waals surface area contributed by atoms with Crippen LogP contribution in [0.2, 0.25) is 0 Å². The summed E-state index contributed by atoms with van der Waals surface area (Å²) in [6.45, 7) is 2.28. The molecule has 2 fully saturated rings. The van der Waals surface area contributed by atoms with E-state index in [2.05, 4.69) is 23.8 Å². The Balaban J connectivity index is 1.22. The number of benzene rings is 2. The van der Waals surface area contributed by atoms with E-state index in [4.69, 9.17) is 0 Å². The van der Waals surface area contributed by atoms with Crippen molar-refractivity contribution in [2.75, 3.05) is 0 Å². The van der Waals surface area contributed by atoms with Gasteiger partial charge in [0, 0.05) is 0 Å². The summed E-state index contributed by atoms with van der Waals surface area (Å²) >= 11 is 0. The average Bonchev–Trinajstić information content (AvgIpc) is 2.96. The normalized spacial score (nSPS) is 24.9. The van der Waals surface area contributed by atoms with E-state index in [-0.39, 0.29) is 0 Å². The highest BCUT2D eigenvalue weighted by Crippen LogP contribution is 2.43. The molecule has 0 N–H and O–H groups in total. The standard InChI is InChI=1S/C34H42F6O/c1-2-3-4-5-24-8-14-27(15-9-24)28-16-10-25(11-17-28)6-7-26-12-18-29(19-13-26)30-20-22-31(23-21-30)41-34(39,40)32(35)33(36,37)38/h6-7,12-13,18-25,27-28,32H,2-5,8-11,14-17H2,1H3. The molecule has 1 unspecified atom stereocenters. The summed E-state index contributed by atoms with van der Waals surface area (Å²) in [6, 6.07) is 12.9. The molecule has 0 amide bonds. The lowest BCUT2D eigenvalue weighted by atomic mass is 9.68. The molecule has 41 heavy (non-hydrogen) atoms. The summed E-state index contributed by atoms with van der Waals surface area (Å²) in [7, 11) is 0. The third-order valence-electron chi connectivity index (χ3n) is 9.09. The van der Waals surface area contributed by atoms with E-state index in [1.807, 2.05) is 24.3 Å². The van der Waals surface area contributed by atoms with Crippen molar-refractivity contribution in [3.63, 3.8) is 0 Å². The Kier molecular flexibility index (Phi) is 10.9. The van der Waals surface area contributed by atoms with Gasteiger partial charge in [0.2, 0.25) is 0 Å². The van der Waals surface area contributed by atoms with Gasteiger partial charge in [0.05, 0.1) is 0 Å². The summed E-state index contributed by atoms with van der Waals surface area (Å²) in [6.07, 6.45) is 5.70. The fourth-order valence-electron chi connectivity index (χ4n) is 6.59. The van der Waals surface area contributed by atoms with Gasteiger partial charge < -0.3 is 4.74 Å². The minimum atomic E-state index is -5.72. The molecule has 0 radical (unpaired) electrons. The third kappa shape index (κ3) is 9.02. The van der Waals surface area contributed by atoms with Crippen molar-refractivity contribution in [2.45, 2.75) is 102 Å². The number of ether oxygens (including phenoxy) is 1. The summed E-state index contributed by atoms with van der Waals surface area (Å²) < 4.78 is 81.1. The predicted molar refractivity (Wildman–Crippen MR) is 152 cm³/mol. The first-order valence-electron chi connectivity index (χ1n) is 15.2. The third-order valence-corrected chi connectivity index (χ3v) is 9.09. The van der Waals surface area contributed by atoms with Crippen molar-refractivity contribution in [3.05, 3.63) is 60.2 Å². The summed E-state index contributed by atoms with van der Waals surface area (Å²) in [5.74, 6) is 2.83. The van der Waals surface area contributed by atoms with Crippen LogP contribution in [-0.4, -0.2) is 18.5 Å². The molecule has 7 heteroatoms. The molecule has 2 saturated carbocycles. The van der Waals surface area contributed by atoms with E-state index in [1.54, 1.807) is 0 Å². The highest BCUT2D eigenvalue weighted by molar-refractivity contribution is 5.66. The van der Waals surface area contributed by atoms with Crippen LogP contribution in [0.3, 0.4) is 0 Å². The molecule has 0 saturated heterocycles. The highest BCUT2D eigenvalue weighted by atomic mass is 19.4. The molecule has 1 atom stereocenters. The number of halogens is 6. The second kappa shape index (κ2) is 14.2. The van der Waals surface area contributed by atoms with Gasteiger partial charge in [-0.2, -0.15) is 22.0 Å². The molecule has 2 aliphatic rings. The molecular weight excluding hydrogens is 538 g/mol. The number of hydrogen-bond acceptors (Lipinski definition) is 1. The van der Waals surface area contributed by atoms with Crippen LogP contribution in [0, 0.1) is 23.7 Å². The van der Waals surface area contributed by atoms with Crippen LogP contribution in [0.1, 0.15) is 89.5 Å². The van der Waals surface area contributed by atoms with Crippen LogP contribution < -0.4 is 4.74 Å². The van der Waals surface area contributed by atoms with E-state index in [0.29, 0.717) is 11.5 Å². The fourth-order valence-corrected chi connectivity index (χ4v) is 6.59. The first-order valence-corrected chi connectivity index (χ1v) is 15.2. The zero-order valence-electron chi connectivity index (χ0n) is 23.8. The van der Waals surface area contributed by atoms with E-state index < -0.39 is 24.2 Å². The van der Waals surface area contributed by atoms with Gasteiger partial charge in [-0.15, -0.1) is 0 Å². The molecule has 226 valence electrons. The van der Waals surface area contributed by atoms with Crippen molar-refractivity contribution >= 4 is 6.08 Å². The maximum atomic E-state index is 13.5. The van der Waals surface area contributed by atoms with Gasteiger partial charge >= 0.3 is 12.3 Å². The van der Waals surface area contributed by atoms with Crippen LogP contribution in [0.15, 0.2) is 54.6 Å². The van der Waals surface area contributed by atoms with Crippen molar-refractivity contribution in [3.8, 4) is 16.9 Å². The van der Waals surface area contributed by atoms with Gasteiger partial charge in [0.1, 0.15) is 5.75 Å². The molecule has 2 aliphatic carbocycles. The minimum absolute atomic E-state index is 0.546. The lowest BCUT2D eigenvalue weighted by Gasteiger charge is -2.37. The summed E-state index contributed by atoms with van der Waals surface area (Å²) in [5, 5.41) is 0. The zero-order valence-corrected chi connectivity index (χ0v) is 23.8. The van der Waals surface area contributed by atoms with E-state index in [9.17, 15) is 26.3 Å². The summed E-state index contributed by atoms with van der Waals surface area (Å²) in [5.41, 5.74) is 2.56. The molecular formula is C34H42F6O. The maximum Gasteiger partial charge on any atom is 0.439 e. The van der Waals surface area contributed by atoms with Crippen LogP contribution in [0.5, 0.6) is 5.75 Å². The lowest BCUT2D eigenvalue weighted by Crippen LogP contribution is -2.45. The number of hydrogen-bond donors (Lipinski definition) is 0. The first-order chi connectivity index (χ1) is 19.5. The molecule has 2 aromatic carbocycles. The second-order valence-electron chi connectivity index (χ2n) is 12.0. The molecule has 4 rings (SSSR count). The molecule has 0 spiro atoms. The Hall–Kier alpha value is -2.44. The predicted octanol–water partition coefficient (Wildman–Crippen LogP) is 11.4. The Morgan fingerprint density at radius 3 is 1.83 bits per heavy atom. The van der Waals surface area contributed by atoms with Gasteiger partial charge in [0.25, 0.3) is 6.17 Å². The quantitative estimate of drug-likeness (QED) is 0.190. The number of unbranched alkanes of at least 4 members (excludes halogenated alkanes) is 2. The molecule has 0 bridgehead atoms. The number of alkyl halides is 6. The Morgan fingerprint density at radius 2 is 1.29 bits per heavy atom. The molecule has 0 aliphatic heterocycles. The lowest BCUT2D eigenvalue weighted by molar-refractivity contribution is -0.304. The fraction of sp³-hybridized carbons (Fsp3) is 0.588. The Labute approximate surface area is 240 Å². The van der Waals surface area contributed by atoms with Crippen molar-refractivity contribution in [2.24, 2.45) is 23.7 Å². The van der Waals surface area contributed by atoms with Crippen LogP contribution in [-0.2, 0) is 0 Å². The van der Waals surface area contributed by atoms with Crippen LogP contribution >= 0.6 is 0 Å². The van der Waals surface area contributed by atoms with Crippen LogP contribution in [0.25, 0.3) is 17.2 Å². The second-order valence-corrected chi connectivity index (χ2v) is 12.0. The van der Waals surface area contributed by atoms with E-state index in [0.717, 1.165) is 41.0 Å². The topological polar surface area (TPSA) is 9.23 Å². The van der Waals surface area contributed by atoms with Crippen molar-refractivity contribution < 1.29 is 31.1 Å². The SMILES string of the molecule is CCCCCC1CCC(C2CCC(C=Cc3ccc(-c4ccc(OC(F)(F)C(F)C(F)(F)F)cc4)cc3)CC2)CC1. The molecule has 0 heterocycles. The smallest absolute Gasteiger partial charge is 0.430 e. The number of rotatable bonds is 11. The maximum absolute atomic E-state index is 13.5. The highest BCUT2D eigenvalue weighted by Gasteiger charge is 2.59. The summed E-state index contributed by atoms with van der Waals surface area (Å²) in [4.78, 5) is 0. The molecule has 1 nitrogen and oxygen atoms in total. The first kappa shape index (κ1) is 31.5. The van der Waals surface area contributed by atoms with E-state index >= 15 is 0 Å². The van der Waals surface area contributed by atoms with Gasteiger partial charge in [-0.05, 0) is 91.0 Å². The molecule has 2 aromatic rings.